The molecule has 31 heavy (non-hydrogen) atoms. The fourth-order valence-corrected chi connectivity index (χ4v) is 2.92. The number of anilines is 2. The van der Waals surface area contributed by atoms with Crippen LogP contribution in [-0.4, -0.2) is 31.5 Å². The third kappa shape index (κ3) is 5.70. The fourth-order valence-electron chi connectivity index (χ4n) is 2.92. The highest BCUT2D eigenvalue weighted by atomic mass is 16.5. The minimum atomic E-state index is -0.682. The molecule has 2 N–H and O–H groups in total. The van der Waals surface area contributed by atoms with Crippen molar-refractivity contribution in [2.75, 3.05) is 24.4 Å². The molecule has 0 radical (unpaired) electrons. The lowest BCUT2D eigenvalue weighted by Gasteiger charge is -2.12. The fraction of sp³-hybridized carbons (Fsp3) is 0.125. The summed E-state index contributed by atoms with van der Waals surface area (Å²) in [5, 5.41) is 5.42. The van der Waals surface area contributed by atoms with Crippen LogP contribution >= 0.6 is 0 Å². The molecule has 158 valence electrons. The molecular weight excluding hydrogens is 396 g/mol. The third-order valence-corrected chi connectivity index (χ3v) is 4.38. The van der Waals surface area contributed by atoms with E-state index in [2.05, 4.69) is 10.6 Å². The number of carbonyl (C=O) groups is 3. The Morgan fingerprint density at radius 1 is 0.839 bits per heavy atom. The van der Waals surface area contributed by atoms with Gasteiger partial charge in [0.05, 0.1) is 18.4 Å². The molecule has 0 aromatic heterocycles. The van der Waals surface area contributed by atoms with Crippen molar-refractivity contribution in [3.8, 4) is 5.75 Å². The monoisotopic (exact) mass is 418 g/mol. The molecule has 7 heteroatoms. The van der Waals surface area contributed by atoms with Crippen LogP contribution in [0.25, 0.3) is 0 Å². The highest BCUT2D eigenvalue weighted by Crippen LogP contribution is 2.20. The lowest BCUT2D eigenvalue weighted by molar-refractivity contribution is -0.119. The molecule has 3 aromatic rings. The standard InChI is InChI=1S/C24H22N2O5/c1-16-8-7-9-17(14-16)25-23(28)18-10-3-5-12-20(18)26-22(27)15-31-24(29)19-11-4-6-13-21(19)30-2/h3-14H,15H2,1-2H3,(H,25,28)(H,26,27). The summed E-state index contributed by atoms with van der Waals surface area (Å²) < 4.78 is 10.2. The van der Waals surface area contributed by atoms with E-state index in [0.717, 1.165) is 5.56 Å². The van der Waals surface area contributed by atoms with Gasteiger partial charge in [-0.05, 0) is 48.9 Å². The van der Waals surface area contributed by atoms with Crippen molar-refractivity contribution in [1.82, 2.24) is 0 Å². The summed E-state index contributed by atoms with van der Waals surface area (Å²) in [6.07, 6.45) is 0. The average molecular weight is 418 g/mol. The van der Waals surface area contributed by atoms with Gasteiger partial charge < -0.3 is 20.1 Å². The maximum absolute atomic E-state index is 12.7. The van der Waals surface area contributed by atoms with Gasteiger partial charge in [0.2, 0.25) is 0 Å². The molecule has 0 aliphatic carbocycles. The Bertz CT molecular complexity index is 1110. The second-order valence-electron chi connectivity index (χ2n) is 6.69. The van der Waals surface area contributed by atoms with E-state index in [1.807, 2.05) is 25.1 Å². The molecule has 3 rings (SSSR count). The van der Waals surface area contributed by atoms with Gasteiger partial charge in [0.1, 0.15) is 11.3 Å². The summed E-state index contributed by atoms with van der Waals surface area (Å²) >= 11 is 0. The van der Waals surface area contributed by atoms with Gasteiger partial charge in [-0.2, -0.15) is 0 Å². The summed E-state index contributed by atoms with van der Waals surface area (Å²) in [5.41, 5.74) is 2.48. The molecular formula is C24H22N2O5. The number of aryl methyl sites for hydroxylation is 1. The van der Waals surface area contributed by atoms with Crippen LogP contribution in [0.2, 0.25) is 0 Å². The molecule has 0 saturated heterocycles. The van der Waals surface area contributed by atoms with Gasteiger partial charge >= 0.3 is 5.97 Å². The van der Waals surface area contributed by atoms with Crippen LogP contribution in [0.4, 0.5) is 11.4 Å². The van der Waals surface area contributed by atoms with E-state index in [1.54, 1.807) is 54.6 Å². The molecule has 0 aliphatic heterocycles. The molecule has 3 aromatic carbocycles. The Morgan fingerprint density at radius 3 is 2.29 bits per heavy atom. The van der Waals surface area contributed by atoms with Crippen LogP contribution in [0.1, 0.15) is 26.3 Å². The topological polar surface area (TPSA) is 93.7 Å². The SMILES string of the molecule is COc1ccccc1C(=O)OCC(=O)Nc1ccccc1C(=O)Nc1cccc(C)c1. The first kappa shape index (κ1) is 21.6. The van der Waals surface area contributed by atoms with Crippen molar-refractivity contribution < 1.29 is 23.9 Å². The first-order chi connectivity index (χ1) is 15.0. The van der Waals surface area contributed by atoms with Crippen LogP contribution in [0.15, 0.2) is 72.8 Å². The smallest absolute Gasteiger partial charge is 0.342 e. The lowest BCUT2D eigenvalue weighted by Crippen LogP contribution is -2.23. The van der Waals surface area contributed by atoms with Crippen LogP contribution in [-0.2, 0) is 9.53 Å². The van der Waals surface area contributed by atoms with Crippen molar-refractivity contribution in [1.29, 1.82) is 0 Å². The zero-order valence-electron chi connectivity index (χ0n) is 17.2. The first-order valence-corrected chi connectivity index (χ1v) is 9.55. The molecule has 2 amide bonds. The van der Waals surface area contributed by atoms with Crippen LogP contribution in [0, 0.1) is 6.92 Å². The molecule has 0 atom stereocenters. The average Bonchev–Trinajstić information content (AvgIpc) is 2.77. The molecule has 0 spiro atoms. The predicted octanol–water partition coefficient (Wildman–Crippen LogP) is 4.05. The summed E-state index contributed by atoms with van der Waals surface area (Å²) in [7, 11) is 1.44. The molecule has 0 fully saturated rings. The van der Waals surface area contributed by atoms with Gasteiger partial charge in [-0.25, -0.2) is 4.79 Å². The maximum Gasteiger partial charge on any atom is 0.342 e. The Kier molecular flexibility index (Phi) is 7.01. The zero-order chi connectivity index (χ0) is 22.2. The third-order valence-electron chi connectivity index (χ3n) is 4.38. The largest absolute Gasteiger partial charge is 0.496 e. The number of amides is 2. The number of hydrogen-bond donors (Lipinski definition) is 2. The number of ether oxygens (including phenoxy) is 2. The second-order valence-corrected chi connectivity index (χ2v) is 6.69. The van der Waals surface area contributed by atoms with Crippen LogP contribution < -0.4 is 15.4 Å². The number of benzene rings is 3. The molecule has 7 nitrogen and oxygen atoms in total. The summed E-state index contributed by atoms with van der Waals surface area (Å²) in [6, 6.07) is 20.5. The Balaban J connectivity index is 1.64. The van der Waals surface area contributed by atoms with Gasteiger partial charge in [-0.3, -0.25) is 9.59 Å². The number of para-hydroxylation sites is 2. The number of carbonyl (C=O) groups excluding carboxylic acids is 3. The van der Waals surface area contributed by atoms with E-state index >= 15 is 0 Å². The normalized spacial score (nSPS) is 10.1. The highest BCUT2D eigenvalue weighted by molar-refractivity contribution is 6.10. The minimum Gasteiger partial charge on any atom is -0.496 e. The molecule has 0 bridgehead atoms. The quantitative estimate of drug-likeness (QED) is 0.565. The maximum atomic E-state index is 12.7. The van der Waals surface area contributed by atoms with Crippen molar-refractivity contribution in [2.45, 2.75) is 6.92 Å². The molecule has 0 saturated carbocycles. The lowest BCUT2D eigenvalue weighted by atomic mass is 10.1. The molecule has 0 unspecified atom stereocenters. The number of methoxy groups -OCH3 is 1. The van der Waals surface area contributed by atoms with Gasteiger partial charge in [-0.15, -0.1) is 0 Å². The number of esters is 1. The van der Waals surface area contributed by atoms with Crippen LogP contribution in [0.5, 0.6) is 5.75 Å². The van der Waals surface area contributed by atoms with Crippen LogP contribution in [0.3, 0.4) is 0 Å². The first-order valence-electron chi connectivity index (χ1n) is 9.55. The van der Waals surface area contributed by atoms with Gasteiger partial charge in [0, 0.05) is 5.69 Å². The second kappa shape index (κ2) is 10.1. The Hall–Kier alpha value is -4.13. The van der Waals surface area contributed by atoms with Gasteiger partial charge in [0.15, 0.2) is 6.61 Å². The molecule has 0 aliphatic rings. The van der Waals surface area contributed by atoms with E-state index in [-0.39, 0.29) is 17.0 Å². The van der Waals surface area contributed by atoms with Crippen molar-refractivity contribution in [3.63, 3.8) is 0 Å². The Morgan fingerprint density at radius 2 is 1.55 bits per heavy atom. The number of rotatable bonds is 7. The minimum absolute atomic E-state index is 0.218. The predicted molar refractivity (Wildman–Crippen MR) is 117 cm³/mol. The zero-order valence-corrected chi connectivity index (χ0v) is 17.2. The van der Waals surface area contributed by atoms with Gasteiger partial charge in [-0.1, -0.05) is 36.4 Å². The van der Waals surface area contributed by atoms with E-state index in [0.29, 0.717) is 17.1 Å². The van der Waals surface area contributed by atoms with Gasteiger partial charge in [0.25, 0.3) is 11.8 Å². The van der Waals surface area contributed by atoms with E-state index in [9.17, 15) is 14.4 Å². The summed E-state index contributed by atoms with van der Waals surface area (Å²) in [5.74, 6) is -1.27. The Labute approximate surface area is 180 Å². The molecule has 0 heterocycles. The highest BCUT2D eigenvalue weighted by Gasteiger charge is 2.17. The van der Waals surface area contributed by atoms with Crippen molar-refractivity contribution >= 4 is 29.2 Å². The van der Waals surface area contributed by atoms with Crippen molar-refractivity contribution in [3.05, 3.63) is 89.5 Å². The number of nitrogens with one attached hydrogen (secondary N) is 2. The summed E-state index contributed by atoms with van der Waals surface area (Å²) in [4.78, 5) is 37.3. The van der Waals surface area contributed by atoms with E-state index in [1.165, 1.54) is 7.11 Å². The van der Waals surface area contributed by atoms with E-state index < -0.39 is 18.5 Å². The number of hydrogen-bond acceptors (Lipinski definition) is 5. The van der Waals surface area contributed by atoms with E-state index in [4.69, 9.17) is 9.47 Å². The van der Waals surface area contributed by atoms with Crippen molar-refractivity contribution in [2.24, 2.45) is 0 Å². The summed E-state index contributed by atoms with van der Waals surface area (Å²) in [6.45, 7) is 1.42.